The molecule has 2 aliphatic heterocycles. The van der Waals surface area contributed by atoms with Crippen LogP contribution in [-0.2, 0) is 14.8 Å². The number of aliphatic hydroxyl groups is 1. The molecule has 2 saturated heterocycles. The number of aliphatic hydroxyl groups excluding tert-OH is 1. The first-order valence-electron chi connectivity index (χ1n) is 16.5. The highest BCUT2D eigenvalue weighted by atomic mass is 32.2. The van der Waals surface area contributed by atoms with E-state index in [0.29, 0.717) is 67.7 Å². The lowest BCUT2D eigenvalue weighted by atomic mass is 9.81. The highest BCUT2D eigenvalue weighted by Gasteiger charge is 2.38. The Morgan fingerprint density at radius 1 is 1.02 bits per heavy atom. The molecule has 1 aliphatic carbocycles. The predicted octanol–water partition coefficient (Wildman–Crippen LogP) is 3.29. The Morgan fingerprint density at radius 3 is 2.49 bits per heavy atom. The highest BCUT2D eigenvalue weighted by Crippen LogP contribution is 2.35. The third-order valence-electron chi connectivity index (χ3n) is 9.28. The lowest BCUT2D eigenvalue weighted by Gasteiger charge is -2.39. The summed E-state index contributed by atoms with van der Waals surface area (Å²) in [5.41, 5.74) is 3.42. The Labute approximate surface area is 285 Å². The van der Waals surface area contributed by atoms with E-state index in [-0.39, 0.29) is 23.2 Å². The summed E-state index contributed by atoms with van der Waals surface area (Å²) in [7, 11) is -3.50. The van der Waals surface area contributed by atoms with Crippen molar-refractivity contribution < 1.29 is 23.1 Å². The third kappa shape index (κ3) is 7.29. The minimum atomic E-state index is -3.50. The van der Waals surface area contributed by atoms with Crippen molar-refractivity contribution in [3.63, 3.8) is 0 Å². The first kappa shape index (κ1) is 32.7. The molecule has 3 aromatic heterocycles. The maximum atomic E-state index is 12.9. The number of nitrogens with one attached hydrogen (secondary N) is 1. The Kier molecular flexibility index (Phi) is 9.06. The molecule has 1 saturated carbocycles. The van der Waals surface area contributed by atoms with Gasteiger partial charge in [-0.3, -0.25) is 4.79 Å². The van der Waals surface area contributed by atoms with Gasteiger partial charge in [0.25, 0.3) is 15.9 Å². The molecular formula is C35H38N8O5S. The largest absolute Gasteiger partial charge is 0.396 e. The van der Waals surface area contributed by atoms with Crippen LogP contribution in [0.4, 0.5) is 17.3 Å². The molecule has 0 spiro atoms. The number of morpholine rings is 1. The van der Waals surface area contributed by atoms with Crippen molar-refractivity contribution in [3.8, 4) is 23.2 Å². The summed E-state index contributed by atoms with van der Waals surface area (Å²) >= 11 is 0. The van der Waals surface area contributed by atoms with Gasteiger partial charge in [-0.25, -0.2) is 23.4 Å². The van der Waals surface area contributed by atoms with E-state index in [1.165, 1.54) is 12.4 Å². The fourth-order valence-electron chi connectivity index (χ4n) is 5.88. The molecular weight excluding hydrogens is 645 g/mol. The van der Waals surface area contributed by atoms with Crippen molar-refractivity contribution in [3.05, 3.63) is 77.9 Å². The van der Waals surface area contributed by atoms with Crippen molar-refractivity contribution >= 4 is 33.3 Å². The number of carbonyl (C=O) groups excluding carboxylic acids is 1. The van der Waals surface area contributed by atoms with E-state index in [0.717, 1.165) is 46.8 Å². The average Bonchev–Trinajstić information content (AvgIpc) is 3.88. The normalized spacial score (nSPS) is 17.7. The number of pyridine rings is 1. The standard InChI is InChI=1S/C35H38N8O5S/c1-35(24-44)11-14-41(15-12-35)30-20-32(39-31-10-13-36-33(40-31)28-22-38-43(23-28)49(46,47)29-8-9-29)37-21-27(30)7-4-25-2-5-26(6-3-25)34(45)42-16-18-48-19-17-42/h2-3,5-6,10,13,20-23,29,44H,8-9,11-12,14-19,24H2,1H3,(H,36,37,39,40). The summed E-state index contributed by atoms with van der Waals surface area (Å²) in [6.07, 6.45) is 9.19. The molecule has 5 heterocycles. The van der Waals surface area contributed by atoms with Gasteiger partial charge >= 0.3 is 0 Å². The second kappa shape index (κ2) is 13.6. The summed E-state index contributed by atoms with van der Waals surface area (Å²) < 4.78 is 31.6. The number of hydrogen-bond donors (Lipinski definition) is 2. The summed E-state index contributed by atoms with van der Waals surface area (Å²) in [6, 6.07) is 11.0. The first-order valence-corrected chi connectivity index (χ1v) is 18.0. The number of rotatable bonds is 8. The predicted molar refractivity (Wildman–Crippen MR) is 184 cm³/mol. The van der Waals surface area contributed by atoms with Crippen molar-refractivity contribution in [1.82, 2.24) is 29.0 Å². The van der Waals surface area contributed by atoms with Gasteiger partial charge in [-0.2, -0.15) is 9.19 Å². The molecule has 254 valence electrons. The molecule has 1 amide bonds. The van der Waals surface area contributed by atoms with Gasteiger partial charge in [0, 0.05) is 62.4 Å². The van der Waals surface area contributed by atoms with Gasteiger partial charge in [-0.15, -0.1) is 0 Å². The molecule has 1 aromatic carbocycles. The molecule has 13 nitrogen and oxygen atoms in total. The molecule has 0 radical (unpaired) electrons. The van der Waals surface area contributed by atoms with Gasteiger partial charge in [0.05, 0.1) is 47.7 Å². The molecule has 3 fully saturated rings. The van der Waals surface area contributed by atoms with Crippen LogP contribution in [0.15, 0.2) is 61.2 Å². The maximum absolute atomic E-state index is 12.9. The SMILES string of the molecule is CC1(CO)CCN(c2cc(Nc3ccnc(-c4cnn(S(=O)(=O)C5CC5)c4)n3)ncc2C#Cc2ccc(C(=O)N3CCOCC3)cc2)CC1. The lowest BCUT2D eigenvalue weighted by molar-refractivity contribution is 0.0303. The molecule has 2 N–H and O–H groups in total. The number of anilines is 3. The van der Waals surface area contributed by atoms with E-state index in [1.807, 2.05) is 18.2 Å². The highest BCUT2D eigenvalue weighted by molar-refractivity contribution is 7.90. The Balaban J connectivity index is 1.12. The third-order valence-corrected chi connectivity index (χ3v) is 11.3. The summed E-state index contributed by atoms with van der Waals surface area (Å²) in [4.78, 5) is 30.5. The van der Waals surface area contributed by atoms with Gasteiger partial charge in [-0.05, 0) is 61.4 Å². The number of aromatic nitrogens is 5. The van der Waals surface area contributed by atoms with Crippen LogP contribution in [0.25, 0.3) is 11.4 Å². The Morgan fingerprint density at radius 2 is 1.78 bits per heavy atom. The van der Waals surface area contributed by atoms with Gasteiger partial charge < -0.3 is 25.0 Å². The number of carbonyl (C=O) groups is 1. The van der Waals surface area contributed by atoms with Crippen molar-refractivity contribution in [1.29, 1.82) is 0 Å². The van der Waals surface area contributed by atoms with E-state index >= 15 is 0 Å². The second-order valence-corrected chi connectivity index (χ2v) is 15.1. The Bertz CT molecular complexity index is 2000. The second-order valence-electron chi connectivity index (χ2n) is 13.0. The molecule has 0 bridgehead atoms. The smallest absolute Gasteiger partial charge is 0.256 e. The number of piperidine rings is 1. The van der Waals surface area contributed by atoms with Crippen molar-refractivity contribution in [2.45, 2.75) is 37.9 Å². The molecule has 4 aromatic rings. The fraction of sp³-hybridized carbons (Fsp3) is 0.400. The molecule has 3 aliphatic rings. The zero-order valence-corrected chi connectivity index (χ0v) is 28.1. The lowest BCUT2D eigenvalue weighted by Crippen LogP contribution is -2.40. The van der Waals surface area contributed by atoms with Crippen LogP contribution in [0.1, 0.15) is 54.1 Å². The fourth-order valence-corrected chi connectivity index (χ4v) is 7.35. The van der Waals surface area contributed by atoms with Gasteiger partial charge in [0.15, 0.2) is 5.82 Å². The molecule has 49 heavy (non-hydrogen) atoms. The molecule has 0 atom stereocenters. The van der Waals surface area contributed by atoms with Crippen LogP contribution < -0.4 is 10.2 Å². The van der Waals surface area contributed by atoms with E-state index < -0.39 is 10.0 Å². The minimum absolute atomic E-state index is 0.00948. The zero-order valence-electron chi connectivity index (χ0n) is 27.2. The number of nitrogens with zero attached hydrogens (tertiary/aromatic N) is 7. The van der Waals surface area contributed by atoms with Crippen LogP contribution in [0.3, 0.4) is 0 Å². The van der Waals surface area contributed by atoms with E-state index in [9.17, 15) is 18.3 Å². The number of hydrogen-bond acceptors (Lipinski definition) is 11. The molecule has 0 unspecified atom stereocenters. The van der Waals surface area contributed by atoms with Gasteiger partial charge in [0.2, 0.25) is 0 Å². The van der Waals surface area contributed by atoms with Crippen LogP contribution in [0, 0.1) is 17.3 Å². The van der Waals surface area contributed by atoms with Crippen LogP contribution in [0.2, 0.25) is 0 Å². The zero-order chi connectivity index (χ0) is 34.0. The summed E-state index contributed by atoms with van der Waals surface area (Å²) in [5.74, 6) is 7.90. The number of amides is 1. The van der Waals surface area contributed by atoms with E-state index in [2.05, 4.69) is 49.0 Å². The van der Waals surface area contributed by atoms with E-state index in [1.54, 1.807) is 35.5 Å². The van der Waals surface area contributed by atoms with Crippen molar-refractivity contribution in [2.75, 3.05) is 56.2 Å². The summed E-state index contributed by atoms with van der Waals surface area (Å²) in [6.45, 7) is 6.03. The first-order chi connectivity index (χ1) is 23.7. The average molecular weight is 683 g/mol. The van der Waals surface area contributed by atoms with Crippen LogP contribution >= 0.6 is 0 Å². The number of ether oxygens (including phenoxy) is 1. The molecule has 7 rings (SSSR count). The maximum Gasteiger partial charge on any atom is 0.256 e. The van der Waals surface area contributed by atoms with Gasteiger partial charge in [-0.1, -0.05) is 18.8 Å². The monoisotopic (exact) mass is 682 g/mol. The number of benzene rings is 1. The van der Waals surface area contributed by atoms with E-state index in [4.69, 9.17) is 4.74 Å². The Hall–Kier alpha value is -4.84. The summed E-state index contributed by atoms with van der Waals surface area (Å²) in [5, 5.41) is 16.9. The molecule has 14 heteroatoms. The minimum Gasteiger partial charge on any atom is -0.396 e. The van der Waals surface area contributed by atoms with Gasteiger partial charge in [0.1, 0.15) is 11.6 Å². The van der Waals surface area contributed by atoms with Crippen LogP contribution in [0.5, 0.6) is 0 Å². The quantitative estimate of drug-likeness (QED) is 0.263. The topological polar surface area (TPSA) is 156 Å². The van der Waals surface area contributed by atoms with Crippen molar-refractivity contribution in [2.24, 2.45) is 5.41 Å². The van der Waals surface area contributed by atoms with Crippen LogP contribution in [-0.4, -0.2) is 99.7 Å².